The van der Waals surface area contributed by atoms with Crippen molar-refractivity contribution in [3.8, 4) is 0 Å². The normalized spacial score (nSPS) is 19.3. The van der Waals surface area contributed by atoms with Gasteiger partial charge in [-0.3, -0.25) is 9.69 Å². The van der Waals surface area contributed by atoms with Crippen molar-refractivity contribution in [1.29, 1.82) is 0 Å². The average Bonchev–Trinajstić information content (AvgIpc) is 2.87. The molecule has 198 valence electrons. The minimum Gasteiger partial charge on any atom is -0.444 e. The van der Waals surface area contributed by atoms with E-state index < -0.39 is 28.2 Å². The number of sulfonamides is 1. The summed E-state index contributed by atoms with van der Waals surface area (Å²) >= 11 is 0. The molecule has 3 aliphatic rings. The highest BCUT2D eigenvalue weighted by Crippen LogP contribution is 2.34. The number of hydrogen-bond acceptors (Lipinski definition) is 5. The van der Waals surface area contributed by atoms with E-state index >= 15 is 0 Å². The molecule has 0 aromatic heterocycles. The molecule has 0 aliphatic carbocycles. The molecule has 0 bridgehead atoms. The van der Waals surface area contributed by atoms with Gasteiger partial charge in [0.2, 0.25) is 10.0 Å². The molecule has 0 saturated carbocycles. The quantitative estimate of drug-likeness (QED) is 0.595. The Labute approximate surface area is 212 Å². The van der Waals surface area contributed by atoms with Crippen molar-refractivity contribution in [3.05, 3.63) is 58.7 Å². The number of aryl methyl sites for hydroxylation is 1. The molecule has 0 radical (unpaired) electrons. The lowest BCUT2D eigenvalue weighted by Gasteiger charge is -2.40. The molecule has 0 atom stereocenters. The summed E-state index contributed by atoms with van der Waals surface area (Å²) in [6, 6.07) is 9.97. The standard InChI is InChI=1S/C25H26F3N3O5S/c1-16-2-5-22-19(12-16)15-36-24(33)31(22)20-7-10-30(11-8-20)37(34,35)21-4-3-17-6-9-29(14-18(17)13-21)23(32)25(26,27)28/h2-5,12-13,20H,6-11,14-15H2,1H3. The number of rotatable bonds is 3. The fourth-order valence-electron chi connectivity index (χ4n) is 5.25. The molecule has 2 aromatic rings. The van der Waals surface area contributed by atoms with Crippen LogP contribution < -0.4 is 4.90 Å². The van der Waals surface area contributed by atoms with E-state index in [0.717, 1.165) is 22.4 Å². The van der Waals surface area contributed by atoms with Crippen molar-refractivity contribution < 1.29 is 35.9 Å². The van der Waals surface area contributed by atoms with Crippen LogP contribution >= 0.6 is 0 Å². The number of anilines is 1. The minimum absolute atomic E-state index is 0.0239. The number of amides is 2. The molecule has 12 heteroatoms. The van der Waals surface area contributed by atoms with Gasteiger partial charge in [-0.15, -0.1) is 0 Å². The molecule has 3 heterocycles. The average molecular weight is 538 g/mol. The molecule has 5 rings (SSSR count). The number of fused-ring (bicyclic) bond motifs is 2. The molecule has 2 aromatic carbocycles. The number of benzene rings is 2. The van der Waals surface area contributed by atoms with Crippen molar-refractivity contribution >= 4 is 27.7 Å². The second-order valence-corrected chi connectivity index (χ2v) is 11.5. The number of ether oxygens (including phenoxy) is 1. The Hall–Kier alpha value is -3.12. The van der Waals surface area contributed by atoms with Crippen LogP contribution in [0.25, 0.3) is 0 Å². The third-order valence-electron chi connectivity index (χ3n) is 7.19. The summed E-state index contributed by atoms with van der Waals surface area (Å²) in [5, 5.41) is 0. The van der Waals surface area contributed by atoms with Gasteiger partial charge in [0.25, 0.3) is 0 Å². The lowest BCUT2D eigenvalue weighted by atomic mass is 10.00. The number of carbonyl (C=O) groups is 2. The van der Waals surface area contributed by atoms with Crippen LogP contribution in [0.15, 0.2) is 41.3 Å². The van der Waals surface area contributed by atoms with E-state index in [4.69, 9.17) is 4.74 Å². The zero-order valence-corrected chi connectivity index (χ0v) is 20.9. The fourth-order valence-corrected chi connectivity index (χ4v) is 6.78. The molecule has 2 amide bonds. The third-order valence-corrected chi connectivity index (χ3v) is 9.08. The van der Waals surface area contributed by atoms with Gasteiger partial charge in [0.05, 0.1) is 10.6 Å². The second-order valence-electron chi connectivity index (χ2n) is 9.60. The Balaban J connectivity index is 1.31. The Bertz CT molecular complexity index is 1350. The van der Waals surface area contributed by atoms with Crippen molar-refractivity contribution in [2.24, 2.45) is 0 Å². The van der Waals surface area contributed by atoms with Gasteiger partial charge >= 0.3 is 18.2 Å². The Kier molecular flexibility index (Phi) is 6.43. The SMILES string of the molecule is Cc1ccc2c(c1)COC(=O)N2C1CCN(S(=O)(=O)c2ccc3c(c2)CN(C(=O)C(F)(F)F)CC3)CC1. The number of hydrogen-bond donors (Lipinski definition) is 0. The summed E-state index contributed by atoms with van der Waals surface area (Å²) in [5.74, 6) is -1.93. The van der Waals surface area contributed by atoms with Crippen LogP contribution in [0, 0.1) is 6.92 Å². The zero-order valence-electron chi connectivity index (χ0n) is 20.1. The molecular weight excluding hydrogens is 511 g/mol. The van der Waals surface area contributed by atoms with E-state index in [-0.39, 0.29) is 50.1 Å². The highest BCUT2D eigenvalue weighted by Gasteiger charge is 2.43. The number of nitrogens with zero attached hydrogens (tertiary/aromatic N) is 3. The van der Waals surface area contributed by atoms with Gasteiger partial charge in [0.1, 0.15) is 6.61 Å². The first-order chi connectivity index (χ1) is 17.4. The highest BCUT2D eigenvalue weighted by molar-refractivity contribution is 7.89. The zero-order chi connectivity index (χ0) is 26.5. The van der Waals surface area contributed by atoms with Crippen LogP contribution in [0.4, 0.5) is 23.7 Å². The van der Waals surface area contributed by atoms with E-state index in [1.54, 1.807) is 11.0 Å². The first-order valence-electron chi connectivity index (χ1n) is 12.0. The van der Waals surface area contributed by atoms with E-state index in [9.17, 15) is 31.2 Å². The summed E-state index contributed by atoms with van der Waals surface area (Å²) in [6.07, 6.45) is -4.41. The summed E-state index contributed by atoms with van der Waals surface area (Å²) in [4.78, 5) is 26.5. The topological polar surface area (TPSA) is 87.2 Å². The maximum atomic E-state index is 13.4. The smallest absolute Gasteiger partial charge is 0.444 e. The van der Waals surface area contributed by atoms with E-state index in [0.29, 0.717) is 23.3 Å². The number of carbonyl (C=O) groups excluding carboxylic acids is 2. The predicted octanol–water partition coefficient (Wildman–Crippen LogP) is 3.75. The number of halogens is 3. The largest absolute Gasteiger partial charge is 0.471 e. The van der Waals surface area contributed by atoms with Gasteiger partial charge in [0, 0.05) is 37.8 Å². The number of alkyl halides is 3. The van der Waals surface area contributed by atoms with Crippen LogP contribution in [0.1, 0.15) is 35.1 Å². The Morgan fingerprint density at radius 1 is 1.00 bits per heavy atom. The van der Waals surface area contributed by atoms with Crippen molar-refractivity contribution in [2.45, 2.75) is 56.5 Å². The number of cyclic esters (lactones) is 1. The lowest BCUT2D eigenvalue weighted by molar-refractivity contribution is -0.186. The van der Waals surface area contributed by atoms with Gasteiger partial charge in [-0.25, -0.2) is 13.2 Å². The van der Waals surface area contributed by atoms with E-state index in [1.807, 2.05) is 25.1 Å². The molecule has 1 fully saturated rings. The monoisotopic (exact) mass is 537 g/mol. The Morgan fingerprint density at radius 2 is 1.73 bits per heavy atom. The van der Waals surface area contributed by atoms with Gasteiger partial charge in [-0.1, -0.05) is 23.8 Å². The van der Waals surface area contributed by atoms with Crippen LogP contribution in [0.3, 0.4) is 0 Å². The van der Waals surface area contributed by atoms with Crippen LogP contribution in [0.5, 0.6) is 0 Å². The van der Waals surface area contributed by atoms with Crippen LogP contribution in [-0.4, -0.2) is 61.5 Å². The number of piperidine rings is 1. The molecule has 3 aliphatic heterocycles. The van der Waals surface area contributed by atoms with Crippen molar-refractivity contribution in [1.82, 2.24) is 9.21 Å². The predicted molar refractivity (Wildman–Crippen MR) is 127 cm³/mol. The first kappa shape index (κ1) is 25.5. The Morgan fingerprint density at radius 3 is 2.43 bits per heavy atom. The van der Waals surface area contributed by atoms with Crippen LogP contribution in [0.2, 0.25) is 0 Å². The van der Waals surface area contributed by atoms with Crippen molar-refractivity contribution in [2.75, 3.05) is 24.5 Å². The van der Waals surface area contributed by atoms with Gasteiger partial charge < -0.3 is 9.64 Å². The molecular formula is C25H26F3N3O5S. The van der Waals surface area contributed by atoms with Gasteiger partial charge in [-0.2, -0.15) is 17.5 Å². The van der Waals surface area contributed by atoms with Gasteiger partial charge in [0.15, 0.2) is 0 Å². The summed E-state index contributed by atoms with van der Waals surface area (Å²) in [5.41, 5.74) is 3.84. The molecule has 0 unspecified atom stereocenters. The van der Waals surface area contributed by atoms with Crippen molar-refractivity contribution in [3.63, 3.8) is 0 Å². The molecule has 0 spiro atoms. The maximum absolute atomic E-state index is 13.4. The highest BCUT2D eigenvalue weighted by atomic mass is 32.2. The minimum atomic E-state index is -4.98. The maximum Gasteiger partial charge on any atom is 0.471 e. The summed E-state index contributed by atoms with van der Waals surface area (Å²) in [6.45, 7) is 2.13. The van der Waals surface area contributed by atoms with Crippen LogP contribution in [-0.2, 0) is 39.1 Å². The van der Waals surface area contributed by atoms with Gasteiger partial charge in [-0.05, 0) is 55.5 Å². The molecule has 0 N–H and O–H groups in total. The third kappa shape index (κ3) is 4.79. The molecule has 1 saturated heterocycles. The molecule has 8 nitrogen and oxygen atoms in total. The summed E-state index contributed by atoms with van der Waals surface area (Å²) < 4.78 is 72.1. The first-order valence-corrected chi connectivity index (χ1v) is 13.4. The second kappa shape index (κ2) is 9.32. The molecule has 37 heavy (non-hydrogen) atoms. The fraction of sp³-hybridized carbons (Fsp3) is 0.440. The summed E-state index contributed by atoms with van der Waals surface area (Å²) in [7, 11) is -3.92. The van der Waals surface area contributed by atoms with E-state index in [2.05, 4.69) is 0 Å². The van der Waals surface area contributed by atoms with E-state index in [1.165, 1.54) is 16.4 Å². The lowest BCUT2D eigenvalue weighted by Crippen LogP contribution is -2.50.